The zero-order valence-electron chi connectivity index (χ0n) is 9.70. The van der Waals surface area contributed by atoms with E-state index in [1.807, 2.05) is 35.9 Å². The number of hydrogen-bond donors (Lipinski definition) is 2. The number of nitrogens with two attached hydrogens (primary N) is 2. The lowest BCUT2D eigenvalue weighted by molar-refractivity contribution is 0.930. The molecule has 3 rings (SSSR count). The van der Waals surface area contributed by atoms with Crippen LogP contribution in [0.25, 0.3) is 22.7 Å². The number of benzene rings is 1. The summed E-state index contributed by atoms with van der Waals surface area (Å²) in [5.74, 6) is 1.16. The van der Waals surface area contributed by atoms with Crippen LogP contribution < -0.4 is 11.5 Å². The lowest BCUT2D eigenvalue weighted by atomic mass is 10.3. The zero-order valence-corrected chi connectivity index (χ0v) is 9.70. The number of imidazole rings is 1. The maximum atomic E-state index is 5.56. The summed E-state index contributed by atoms with van der Waals surface area (Å²) in [6.07, 6.45) is 0. The number of para-hydroxylation sites is 2. The van der Waals surface area contributed by atoms with Gasteiger partial charge in [-0.05, 0) is 12.1 Å². The first-order valence-corrected chi connectivity index (χ1v) is 5.34. The van der Waals surface area contributed by atoms with Crippen molar-refractivity contribution in [3.8, 4) is 11.6 Å². The molecule has 0 aliphatic heterocycles. The van der Waals surface area contributed by atoms with Crippen molar-refractivity contribution in [2.24, 2.45) is 7.05 Å². The molecule has 1 aromatic carbocycles. The standard InChI is InChI=1S/C11H11N7/c1-18-7-5-3-2-4-6(7)14-9(18)8-15-10(12)17-11(13)16-8/h2-5H,1H3,(H4,12,13,15,16,17). The Labute approximate surface area is 103 Å². The van der Waals surface area contributed by atoms with Crippen LogP contribution in [0.5, 0.6) is 0 Å². The van der Waals surface area contributed by atoms with Crippen LogP contribution in [0.15, 0.2) is 24.3 Å². The van der Waals surface area contributed by atoms with Crippen LogP contribution in [0.3, 0.4) is 0 Å². The molecule has 0 unspecified atom stereocenters. The summed E-state index contributed by atoms with van der Waals surface area (Å²) in [7, 11) is 1.89. The van der Waals surface area contributed by atoms with E-state index in [-0.39, 0.29) is 11.9 Å². The van der Waals surface area contributed by atoms with E-state index in [0.717, 1.165) is 11.0 Å². The van der Waals surface area contributed by atoms with E-state index >= 15 is 0 Å². The van der Waals surface area contributed by atoms with Gasteiger partial charge in [-0.15, -0.1) is 0 Å². The van der Waals surface area contributed by atoms with Crippen LogP contribution in [-0.4, -0.2) is 24.5 Å². The minimum Gasteiger partial charge on any atom is -0.368 e. The summed E-state index contributed by atoms with van der Waals surface area (Å²) in [6.45, 7) is 0. The number of nitrogens with zero attached hydrogens (tertiary/aromatic N) is 5. The normalized spacial score (nSPS) is 10.9. The lowest BCUT2D eigenvalue weighted by Crippen LogP contribution is -2.06. The van der Waals surface area contributed by atoms with Crippen LogP contribution in [-0.2, 0) is 7.05 Å². The lowest BCUT2D eigenvalue weighted by Gasteiger charge is -2.02. The van der Waals surface area contributed by atoms with Crippen LogP contribution in [0, 0.1) is 0 Å². The summed E-state index contributed by atoms with van der Waals surface area (Å²) in [5.41, 5.74) is 13.0. The predicted molar refractivity (Wildman–Crippen MR) is 68.4 cm³/mol. The van der Waals surface area contributed by atoms with Crippen molar-refractivity contribution in [3.05, 3.63) is 24.3 Å². The second-order valence-electron chi connectivity index (χ2n) is 3.86. The monoisotopic (exact) mass is 241 g/mol. The highest BCUT2D eigenvalue weighted by Gasteiger charge is 2.13. The summed E-state index contributed by atoms with van der Waals surface area (Å²) in [5, 5.41) is 0. The molecule has 0 aliphatic rings. The van der Waals surface area contributed by atoms with Gasteiger partial charge >= 0.3 is 0 Å². The molecule has 0 spiro atoms. The topological polar surface area (TPSA) is 109 Å². The van der Waals surface area contributed by atoms with E-state index in [2.05, 4.69) is 19.9 Å². The van der Waals surface area contributed by atoms with E-state index in [1.54, 1.807) is 0 Å². The Morgan fingerprint density at radius 1 is 0.944 bits per heavy atom. The molecule has 2 heterocycles. The largest absolute Gasteiger partial charge is 0.368 e. The highest BCUT2D eigenvalue weighted by Crippen LogP contribution is 2.21. The average molecular weight is 241 g/mol. The summed E-state index contributed by atoms with van der Waals surface area (Å²) in [4.78, 5) is 16.3. The summed E-state index contributed by atoms with van der Waals surface area (Å²) >= 11 is 0. The molecule has 4 N–H and O–H groups in total. The van der Waals surface area contributed by atoms with Gasteiger partial charge in [0, 0.05) is 7.05 Å². The van der Waals surface area contributed by atoms with E-state index in [4.69, 9.17) is 11.5 Å². The molecule has 3 aromatic rings. The molecule has 0 atom stereocenters. The Bertz CT molecular complexity index is 711. The quantitative estimate of drug-likeness (QED) is 0.645. The van der Waals surface area contributed by atoms with Crippen molar-refractivity contribution < 1.29 is 0 Å². The first kappa shape index (κ1) is 10.5. The second-order valence-corrected chi connectivity index (χ2v) is 3.86. The van der Waals surface area contributed by atoms with Gasteiger partial charge in [0.25, 0.3) is 0 Å². The fourth-order valence-electron chi connectivity index (χ4n) is 1.85. The van der Waals surface area contributed by atoms with Crippen molar-refractivity contribution >= 4 is 22.9 Å². The van der Waals surface area contributed by atoms with Crippen LogP contribution >= 0.6 is 0 Å². The van der Waals surface area contributed by atoms with Crippen molar-refractivity contribution in [1.29, 1.82) is 0 Å². The average Bonchev–Trinajstić information content (AvgIpc) is 2.66. The molecular formula is C11H11N7. The number of aromatic nitrogens is 5. The van der Waals surface area contributed by atoms with Gasteiger partial charge in [0.2, 0.25) is 17.7 Å². The SMILES string of the molecule is Cn1c(-c2nc(N)nc(N)n2)nc2ccccc21. The van der Waals surface area contributed by atoms with Gasteiger partial charge in [0.1, 0.15) is 0 Å². The van der Waals surface area contributed by atoms with Crippen LogP contribution in [0.1, 0.15) is 0 Å². The minimum absolute atomic E-state index is 0.0876. The maximum absolute atomic E-state index is 5.56. The van der Waals surface area contributed by atoms with E-state index < -0.39 is 0 Å². The summed E-state index contributed by atoms with van der Waals surface area (Å²) < 4.78 is 1.89. The molecule has 7 nitrogen and oxygen atoms in total. The fourth-order valence-corrected chi connectivity index (χ4v) is 1.85. The molecule has 0 fully saturated rings. The highest BCUT2D eigenvalue weighted by molar-refractivity contribution is 5.79. The molecular weight excluding hydrogens is 230 g/mol. The second kappa shape index (κ2) is 3.66. The van der Waals surface area contributed by atoms with E-state index in [0.29, 0.717) is 11.6 Å². The van der Waals surface area contributed by atoms with Gasteiger partial charge in [-0.2, -0.15) is 15.0 Å². The molecule has 0 aliphatic carbocycles. The Kier molecular flexibility index (Phi) is 2.12. The van der Waals surface area contributed by atoms with Crippen molar-refractivity contribution in [1.82, 2.24) is 24.5 Å². The minimum atomic E-state index is 0.0876. The number of rotatable bonds is 1. The third kappa shape index (κ3) is 1.53. The number of fused-ring (bicyclic) bond motifs is 1. The highest BCUT2D eigenvalue weighted by atomic mass is 15.2. The molecule has 0 bridgehead atoms. The fraction of sp³-hybridized carbons (Fsp3) is 0.0909. The molecule has 0 saturated heterocycles. The van der Waals surface area contributed by atoms with E-state index in [1.165, 1.54) is 0 Å². The maximum Gasteiger partial charge on any atom is 0.225 e. The Balaban J connectivity index is 2.28. The molecule has 7 heteroatoms. The molecule has 0 radical (unpaired) electrons. The first-order valence-electron chi connectivity index (χ1n) is 5.34. The van der Waals surface area contributed by atoms with Gasteiger partial charge in [0.05, 0.1) is 11.0 Å². The van der Waals surface area contributed by atoms with Crippen molar-refractivity contribution in [2.45, 2.75) is 0 Å². The van der Waals surface area contributed by atoms with E-state index in [9.17, 15) is 0 Å². The van der Waals surface area contributed by atoms with Gasteiger partial charge in [-0.3, -0.25) is 0 Å². The predicted octanol–water partition coefficient (Wildman–Crippen LogP) is 0.590. The molecule has 2 aromatic heterocycles. The number of aryl methyl sites for hydroxylation is 1. The molecule has 0 amide bonds. The molecule has 18 heavy (non-hydrogen) atoms. The summed E-state index contributed by atoms with van der Waals surface area (Å²) in [6, 6.07) is 7.77. The molecule has 90 valence electrons. The van der Waals surface area contributed by atoms with Gasteiger partial charge < -0.3 is 16.0 Å². The third-order valence-electron chi connectivity index (χ3n) is 2.66. The van der Waals surface area contributed by atoms with Crippen molar-refractivity contribution in [3.63, 3.8) is 0 Å². The van der Waals surface area contributed by atoms with Gasteiger partial charge in [0.15, 0.2) is 5.82 Å². The zero-order chi connectivity index (χ0) is 12.7. The van der Waals surface area contributed by atoms with Gasteiger partial charge in [-0.1, -0.05) is 12.1 Å². The Hall–Kier alpha value is -2.70. The Morgan fingerprint density at radius 3 is 2.28 bits per heavy atom. The number of anilines is 2. The molecule has 0 saturated carbocycles. The Morgan fingerprint density at radius 2 is 1.61 bits per heavy atom. The first-order chi connectivity index (χ1) is 8.65. The van der Waals surface area contributed by atoms with Crippen LogP contribution in [0.4, 0.5) is 11.9 Å². The van der Waals surface area contributed by atoms with Gasteiger partial charge in [-0.25, -0.2) is 4.98 Å². The third-order valence-corrected chi connectivity index (χ3v) is 2.66. The number of nitrogen functional groups attached to an aromatic ring is 2. The smallest absolute Gasteiger partial charge is 0.225 e. The van der Waals surface area contributed by atoms with Crippen molar-refractivity contribution in [2.75, 3.05) is 11.5 Å². The number of hydrogen-bond acceptors (Lipinski definition) is 6. The van der Waals surface area contributed by atoms with Crippen LogP contribution in [0.2, 0.25) is 0 Å².